The molecule has 4 heavy (non-hydrogen) atoms. The molecule has 0 rings (SSSR count). The van der Waals surface area contributed by atoms with Gasteiger partial charge in [0.05, 0.1) is 0 Å². The zero-order valence-electron chi connectivity index (χ0n) is 1.86. The van der Waals surface area contributed by atoms with Crippen LogP contribution < -0.4 is 0 Å². The van der Waals surface area contributed by atoms with E-state index < -0.39 is 0 Å². The van der Waals surface area contributed by atoms with Crippen molar-refractivity contribution in [2.75, 3.05) is 0 Å². The second kappa shape index (κ2) is 19.2. The standard InChI is InChI=1S/O.Ti.V.Zr/q-2;+4;;+4. The average Bonchev–Trinajstić information content (AvgIpc) is 0. The Kier molecular flexibility index (Phi) is 170. The zero-order chi connectivity index (χ0) is 0. The minimum absolute atomic E-state index is 0. The predicted octanol–water partition coefficient (Wildman–Crippen LogP) is -0.126. The van der Waals surface area contributed by atoms with Gasteiger partial charge in [0.15, 0.2) is 0 Å². The molecule has 0 aromatic rings. The topological polar surface area (TPSA) is 28.5 Å². The van der Waals surface area contributed by atoms with E-state index in [9.17, 15) is 0 Å². The molecule has 0 saturated carbocycles. The maximum absolute atomic E-state index is 0. The third kappa shape index (κ3) is 8.91. The molecule has 0 aliphatic carbocycles. The van der Waals surface area contributed by atoms with Crippen LogP contribution in [0, 0.1) is 0 Å². The predicted molar refractivity (Wildman–Crippen MR) is 0.686 cm³/mol. The van der Waals surface area contributed by atoms with Gasteiger partial charge in [0, 0.05) is 18.6 Å². The molecule has 13 valence electrons. The Morgan fingerprint density at radius 2 is 1.00 bits per heavy atom. The van der Waals surface area contributed by atoms with Crippen LogP contribution in [-0.4, -0.2) is 0 Å². The Morgan fingerprint density at radius 1 is 1.00 bits per heavy atom. The maximum atomic E-state index is 0. The van der Waals surface area contributed by atoms with E-state index in [1.54, 1.807) is 0 Å². The van der Waals surface area contributed by atoms with Gasteiger partial charge in [0.25, 0.3) is 0 Å². The summed E-state index contributed by atoms with van der Waals surface area (Å²) in [5, 5.41) is 0. The molecule has 1 radical (unpaired) electrons. The van der Waals surface area contributed by atoms with Crippen molar-refractivity contribution in [3.63, 3.8) is 0 Å². The van der Waals surface area contributed by atoms with Crippen molar-refractivity contribution in [3.05, 3.63) is 0 Å². The van der Waals surface area contributed by atoms with E-state index in [0.29, 0.717) is 0 Å². The molecule has 0 aliphatic heterocycles. The molecule has 1 nitrogen and oxygen atoms in total. The maximum Gasteiger partial charge on any atom is 4.00 e. The third-order valence-corrected chi connectivity index (χ3v) is 0. The van der Waals surface area contributed by atoms with Gasteiger partial charge in [-0.25, -0.2) is 0 Å². The van der Waals surface area contributed by atoms with Gasteiger partial charge in [-0.15, -0.1) is 0 Å². The van der Waals surface area contributed by atoms with Gasteiger partial charge in [0.2, 0.25) is 0 Å². The molecule has 0 bridgehead atoms. The quantitative estimate of drug-likeness (QED) is 0.494. The van der Waals surface area contributed by atoms with Crippen LogP contribution in [0.2, 0.25) is 0 Å². The molecule has 0 aromatic heterocycles. The summed E-state index contributed by atoms with van der Waals surface area (Å²) in [7, 11) is 0. The van der Waals surface area contributed by atoms with Crippen LogP contribution in [0.3, 0.4) is 0 Å². The first kappa shape index (κ1) is 35.4. The van der Waals surface area contributed by atoms with Crippen LogP contribution in [0.1, 0.15) is 0 Å². The number of rotatable bonds is 0. The number of hydrogen-bond donors (Lipinski definition) is 0. The molecular weight excluding hydrogens is 206 g/mol. The van der Waals surface area contributed by atoms with Crippen LogP contribution in [0.15, 0.2) is 0 Å². The van der Waals surface area contributed by atoms with Gasteiger partial charge in [-0.3, -0.25) is 0 Å². The third-order valence-electron chi connectivity index (χ3n) is 0. The summed E-state index contributed by atoms with van der Waals surface area (Å²) >= 11 is 0. The summed E-state index contributed by atoms with van der Waals surface area (Å²) in [6.07, 6.45) is 0. The average molecular weight is 206 g/mol. The Balaban J connectivity index is 0. The summed E-state index contributed by atoms with van der Waals surface area (Å²) in [5.74, 6) is 0. The van der Waals surface area contributed by atoms with E-state index in [0.717, 1.165) is 0 Å². The zero-order valence-corrected chi connectivity index (χ0v) is 7.27. The molecule has 0 saturated heterocycles. The van der Waals surface area contributed by atoms with E-state index in [1.165, 1.54) is 0 Å². The summed E-state index contributed by atoms with van der Waals surface area (Å²) in [6, 6.07) is 0. The van der Waals surface area contributed by atoms with Gasteiger partial charge >= 0.3 is 47.9 Å². The second-order valence-corrected chi connectivity index (χ2v) is 0. The summed E-state index contributed by atoms with van der Waals surface area (Å²) in [5.41, 5.74) is 0. The molecule has 0 amide bonds. The van der Waals surface area contributed by atoms with Crippen LogP contribution >= 0.6 is 0 Å². The van der Waals surface area contributed by atoms with Gasteiger partial charge in [-0.2, -0.15) is 0 Å². The molecule has 0 spiro atoms. The van der Waals surface area contributed by atoms with Crippen molar-refractivity contribution < 1.29 is 72.0 Å². The minimum atomic E-state index is 0. The van der Waals surface area contributed by atoms with Gasteiger partial charge < -0.3 is 5.48 Å². The molecular formula is OTiVZr+6. The molecule has 4 heteroatoms. The second-order valence-electron chi connectivity index (χ2n) is 0. The van der Waals surface area contributed by atoms with E-state index in [2.05, 4.69) is 0 Å². The minimum Gasteiger partial charge on any atom is -2.00 e. The summed E-state index contributed by atoms with van der Waals surface area (Å²) in [4.78, 5) is 0. The van der Waals surface area contributed by atoms with Crippen LogP contribution in [0.25, 0.3) is 0 Å². The Morgan fingerprint density at radius 3 is 1.00 bits per heavy atom. The van der Waals surface area contributed by atoms with Gasteiger partial charge in [-0.1, -0.05) is 0 Å². The first-order valence-electron chi connectivity index (χ1n) is 0. The summed E-state index contributed by atoms with van der Waals surface area (Å²) < 4.78 is 0. The van der Waals surface area contributed by atoms with Crippen LogP contribution in [0.4, 0.5) is 0 Å². The first-order chi connectivity index (χ1) is 0. The largest absolute Gasteiger partial charge is 4.00 e. The molecule has 0 N–H and O–H groups in total. The molecule has 0 heterocycles. The SMILES string of the molecule is [O-2].[Ti+4].[V].[Zr+4]. The summed E-state index contributed by atoms with van der Waals surface area (Å²) in [6.45, 7) is 0. The Bertz CT molecular complexity index is 8.00. The first-order valence-corrected chi connectivity index (χ1v) is 0. The van der Waals surface area contributed by atoms with E-state index in [-0.39, 0.29) is 72.0 Å². The van der Waals surface area contributed by atoms with Gasteiger partial charge in [0.1, 0.15) is 0 Å². The normalized spacial score (nSPS) is 0. The monoisotopic (exact) mass is 205 g/mol. The Labute approximate surface area is 71.1 Å². The smallest absolute Gasteiger partial charge is 2.00 e. The van der Waals surface area contributed by atoms with E-state index >= 15 is 0 Å². The fourth-order valence-electron chi connectivity index (χ4n) is 0. The van der Waals surface area contributed by atoms with Crippen molar-refractivity contribution >= 4 is 0 Å². The number of hydrogen-bond acceptors (Lipinski definition) is 0. The van der Waals surface area contributed by atoms with Crippen LogP contribution in [-0.2, 0) is 72.0 Å². The van der Waals surface area contributed by atoms with E-state index in [1.807, 2.05) is 0 Å². The van der Waals surface area contributed by atoms with Crippen molar-refractivity contribution in [2.24, 2.45) is 0 Å². The van der Waals surface area contributed by atoms with E-state index in [4.69, 9.17) is 0 Å². The van der Waals surface area contributed by atoms with Crippen molar-refractivity contribution in [2.45, 2.75) is 0 Å². The van der Waals surface area contributed by atoms with Crippen molar-refractivity contribution in [1.29, 1.82) is 0 Å². The fraction of sp³-hybridized carbons (Fsp3) is 0. The van der Waals surface area contributed by atoms with Crippen molar-refractivity contribution in [1.82, 2.24) is 0 Å². The van der Waals surface area contributed by atoms with Crippen molar-refractivity contribution in [3.8, 4) is 0 Å². The van der Waals surface area contributed by atoms with Crippen LogP contribution in [0.5, 0.6) is 0 Å². The van der Waals surface area contributed by atoms with Gasteiger partial charge in [-0.05, 0) is 0 Å². The molecule has 0 unspecified atom stereocenters. The fourth-order valence-corrected chi connectivity index (χ4v) is 0. The molecule has 0 fully saturated rings. The molecule has 0 aliphatic rings. The molecule has 0 atom stereocenters. The Hall–Kier alpha value is 2.14. The molecule has 0 aromatic carbocycles.